The molecule has 1 rings (SSSR count). The van der Waals surface area contributed by atoms with Gasteiger partial charge in [0.1, 0.15) is 5.54 Å². The van der Waals surface area contributed by atoms with Crippen LogP contribution in [0.4, 0.5) is 0 Å². The lowest BCUT2D eigenvalue weighted by Crippen LogP contribution is -2.49. The molecular formula is C13H17Cl2NO2. The van der Waals surface area contributed by atoms with Gasteiger partial charge in [-0.1, -0.05) is 49.0 Å². The summed E-state index contributed by atoms with van der Waals surface area (Å²) in [5.41, 5.74) is 5.51. The predicted molar refractivity (Wildman–Crippen MR) is 74.2 cm³/mol. The van der Waals surface area contributed by atoms with Gasteiger partial charge in [-0.2, -0.15) is 0 Å². The molecule has 0 aliphatic carbocycles. The average Bonchev–Trinajstić information content (AvgIpc) is 2.31. The van der Waals surface area contributed by atoms with E-state index in [1.807, 2.05) is 6.92 Å². The summed E-state index contributed by atoms with van der Waals surface area (Å²) < 4.78 is 0. The Labute approximate surface area is 117 Å². The zero-order chi connectivity index (χ0) is 13.8. The van der Waals surface area contributed by atoms with Crippen molar-refractivity contribution in [2.24, 2.45) is 5.73 Å². The molecule has 1 aromatic rings. The quantitative estimate of drug-likeness (QED) is 0.842. The summed E-state index contributed by atoms with van der Waals surface area (Å²) in [4.78, 5) is 11.3. The van der Waals surface area contributed by atoms with Crippen molar-refractivity contribution in [3.63, 3.8) is 0 Å². The van der Waals surface area contributed by atoms with Crippen molar-refractivity contribution in [3.8, 4) is 0 Å². The summed E-state index contributed by atoms with van der Waals surface area (Å²) >= 11 is 11.7. The lowest BCUT2D eigenvalue weighted by atomic mass is 9.87. The number of benzene rings is 1. The molecule has 18 heavy (non-hydrogen) atoms. The lowest BCUT2D eigenvalue weighted by Gasteiger charge is -2.24. The summed E-state index contributed by atoms with van der Waals surface area (Å²) in [7, 11) is 0. The molecule has 0 aliphatic rings. The van der Waals surface area contributed by atoms with Crippen LogP contribution in [0.5, 0.6) is 0 Å². The third-order valence-corrected chi connectivity index (χ3v) is 3.64. The standard InChI is InChI=1S/C13H17Cl2NO2/c1-2-3-6-13(16,12(17)18)8-9-4-5-10(14)11(15)7-9/h4-5,7H,2-3,6,8,16H2,1H3,(H,17,18). The molecule has 3 N–H and O–H groups in total. The van der Waals surface area contributed by atoms with Crippen molar-refractivity contribution in [3.05, 3.63) is 33.8 Å². The largest absolute Gasteiger partial charge is 0.480 e. The van der Waals surface area contributed by atoms with Crippen LogP contribution in [0.2, 0.25) is 10.0 Å². The highest BCUT2D eigenvalue weighted by molar-refractivity contribution is 6.42. The molecule has 0 aliphatic heterocycles. The maximum absolute atomic E-state index is 11.3. The van der Waals surface area contributed by atoms with Gasteiger partial charge in [-0.3, -0.25) is 4.79 Å². The highest BCUT2D eigenvalue weighted by Crippen LogP contribution is 2.25. The smallest absolute Gasteiger partial charge is 0.324 e. The molecule has 3 nitrogen and oxygen atoms in total. The summed E-state index contributed by atoms with van der Waals surface area (Å²) in [5, 5.41) is 10.1. The number of unbranched alkanes of at least 4 members (excludes halogenated alkanes) is 1. The first-order chi connectivity index (χ1) is 8.39. The number of carboxylic acid groups (broad SMARTS) is 1. The molecule has 0 bridgehead atoms. The second kappa shape index (κ2) is 6.41. The first-order valence-corrected chi connectivity index (χ1v) is 6.61. The Kier molecular flexibility index (Phi) is 5.45. The molecule has 1 aromatic carbocycles. The maximum Gasteiger partial charge on any atom is 0.324 e. The number of halogens is 2. The first-order valence-electron chi connectivity index (χ1n) is 5.85. The second-order valence-electron chi connectivity index (χ2n) is 4.49. The fourth-order valence-electron chi connectivity index (χ4n) is 1.78. The summed E-state index contributed by atoms with van der Waals surface area (Å²) in [6, 6.07) is 5.08. The van der Waals surface area contributed by atoms with Crippen LogP contribution in [0.15, 0.2) is 18.2 Å². The van der Waals surface area contributed by atoms with E-state index in [9.17, 15) is 9.90 Å². The summed E-state index contributed by atoms with van der Waals surface area (Å²) in [6.07, 6.45) is 2.38. The van der Waals surface area contributed by atoms with Gasteiger partial charge in [0.25, 0.3) is 0 Å². The molecule has 0 fully saturated rings. The highest BCUT2D eigenvalue weighted by Gasteiger charge is 2.33. The third-order valence-electron chi connectivity index (χ3n) is 2.91. The Morgan fingerprint density at radius 2 is 2.06 bits per heavy atom. The lowest BCUT2D eigenvalue weighted by molar-refractivity contribution is -0.143. The molecule has 0 saturated heterocycles. The molecule has 1 atom stereocenters. The van der Waals surface area contributed by atoms with Crippen molar-refractivity contribution >= 4 is 29.2 Å². The minimum absolute atomic E-state index is 0.249. The van der Waals surface area contributed by atoms with Gasteiger partial charge in [0.15, 0.2) is 0 Å². The van der Waals surface area contributed by atoms with Gasteiger partial charge in [0.05, 0.1) is 10.0 Å². The van der Waals surface area contributed by atoms with Gasteiger partial charge >= 0.3 is 5.97 Å². The van der Waals surface area contributed by atoms with Crippen molar-refractivity contribution in [2.45, 2.75) is 38.1 Å². The Bertz CT molecular complexity index is 437. The van der Waals surface area contributed by atoms with Crippen molar-refractivity contribution < 1.29 is 9.90 Å². The Morgan fingerprint density at radius 3 is 2.56 bits per heavy atom. The molecule has 1 unspecified atom stereocenters. The minimum atomic E-state index is -1.24. The fourth-order valence-corrected chi connectivity index (χ4v) is 2.10. The molecule has 0 spiro atoms. The van der Waals surface area contributed by atoms with Gasteiger partial charge in [-0.25, -0.2) is 0 Å². The topological polar surface area (TPSA) is 63.3 Å². The van der Waals surface area contributed by atoms with Crippen molar-refractivity contribution in [2.75, 3.05) is 0 Å². The zero-order valence-corrected chi connectivity index (χ0v) is 11.8. The second-order valence-corrected chi connectivity index (χ2v) is 5.30. The van der Waals surface area contributed by atoms with E-state index in [4.69, 9.17) is 28.9 Å². The molecule has 100 valence electrons. The van der Waals surface area contributed by atoms with Crippen LogP contribution >= 0.6 is 23.2 Å². The zero-order valence-electron chi connectivity index (χ0n) is 10.2. The number of hydrogen-bond acceptors (Lipinski definition) is 2. The number of nitrogens with two attached hydrogens (primary N) is 1. The molecule has 0 radical (unpaired) electrons. The summed E-state index contributed by atoms with van der Waals surface area (Å²) in [5.74, 6) is -0.984. The van der Waals surface area contributed by atoms with Crippen molar-refractivity contribution in [1.29, 1.82) is 0 Å². The molecule has 0 saturated carbocycles. The normalized spacial score (nSPS) is 14.2. The predicted octanol–water partition coefficient (Wildman–Crippen LogP) is 3.51. The Hall–Kier alpha value is -0.770. The molecule has 0 aromatic heterocycles. The van der Waals surface area contributed by atoms with E-state index in [1.54, 1.807) is 18.2 Å². The van der Waals surface area contributed by atoms with Gasteiger partial charge in [0.2, 0.25) is 0 Å². The van der Waals surface area contributed by atoms with Crippen LogP contribution in [0.3, 0.4) is 0 Å². The Balaban J connectivity index is 2.89. The van der Waals surface area contributed by atoms with E-state index in [0.29, 0.717) is 16.5 Å². The molecule has 0 amide bonds. The number of carbonyl (C=O) groups is 1. The van der Waals surface area contributed by atoms with Gasteiger partial charge in [-0.15, -0.1) is 0 Å². The van der Waals surface area contributed by atoms with Crippen LogP contribution in [-0.4, -0.2) is 16.6 Å². The first kappa shape index (κ1) is 15.3. The fraction of sp³-hybridized carbons (Fsp3) is 0.462. The van der Waals surface area contributed by atoms with Crippen molar-refractivity contribution in [1.82, 2.24) is 0 Å². The minimum Gasteiger partial charge on any atom is -0.480 e. The van der Waals surface area contributed by atoms with E-state index >= 15 is 0 Å². The Morgan fingerprint density at radius 1 is 1.39 bits per heavy atom. The van der Waals surface area contributed by atoms with Gasteiger partial charge in [0, 0.05) is 6.42 Å². The van der Waals surface area contributed by atoms with E-state index in [0.717, 1.165) is 18.4 Å². The third kappa shape index (κ3) is 3.87. The van der Waals surface area contributed by atoms with Gasteiger partial charge in [-0.05, 0) is 24.1 Å². The van der Waals surface area contributed by atoms with Crippen LogP contribution in [0.1, 0.15) is 31.7 Å². The van der Waals surface area contributed by atoms with E-state index in [2.05, 4.69) is 0 Å². The summed E-state index contributed by atoms with van der Waals surface area (Å²) in [6.45, 7) is 2.00. The SMILES string of the molecule is CCCCC(N)(Cc1ccc(Cl)c(Cl)c1)C(=O)O. The molecule has 0 heterocycles. The van der Waals surface area contributed by atoms with E-state index in [1.165, 1.54) is 0 Å². The van der Waals surface area contributed by atoms with Gasteiger partial charge < -0.3 is 10.8 Å². The highest BCUT2D eigenvalue weighted by atomic mass is 35.5. The molecular weight excluding hydrogens is 273 g/mol. The van der Waals surface area contributed by atoms with Crippen LogP contribution in [0.25, 0.3) is 0 Å². The molecule has 5 heteroatoms. The average molecular weight is 290 g/mol. The van der Waals surface area contributed by atoms with Crippen LogP contribution in [0, 0.1) is 0 Å². The van der Waals surface area contributed by atoms with E-state index in [-0.39, 0.29) is 6.42 Å². The van der Waals surface area contributed by atoms with Crippen LogP contribution in [-0.2, 0) is 11.2 Å². The van der Waals surface area contributed by atoms with E-state index < -0.39 is 11.5 Å². The number of rotatable bonds is 6. The number of carboxylic acids is 1. The number of aliphatic carboxylic acids is 1. The number of hydrogen-bond donors (Lipinski definition) is 2. The maximum atomic E-state index is 11.3. The monoisotopic (exact) mass is 289 g/mol. The van der Waals surface area contributed by atoms with Crippen LogP contribution < -0.4 is 5.73 Å².